The van der Waals surface area contributed by atoms with Crippen molar-refractivity contribution < 1.29 is 13.2 Å². The van der Waals surface area contributed by atoms with Gasteiger partial charge < -0.3 is 9.64 Å². The molecule has 1 aliphatic rings. The van der Waals surface area contributed by atoms with Crippen LogP contribution in [0.1, 0.15) is 5.56 Å². The highest BCUT2D eigenvalue weighted by Gasteiger charge is 2.27. The Morgan fingerprint density at radius 3 is 2.12 bits per heavy atom. The highest BCUT2D eigenvalue weighted by atomic mass is 32.2. The molecule has 24 heavy (non-hydrogen) atoms. The summed E-state index contributed by atoms with van der Waals surface area (Å²) in [4.78, 5) is 2.20. The molecule has 0 radical (unpaired) electrons. The van der Waals surface area contributed by atoms with E-state index in [1.54, 1.807) is 11.4 Å². The molecule has 0 aromatic heterocycles. The summed E-state index contributed by atoms with van der Waals surface area (Å²) in [5.41, 5.74) is 1.92. The maximum atomic E-state index is 12.6. The molecular formula is C18H22N2O3S. The van der Waals surface area contributed by atoms with Gasteiger partial charge in [0.15, 0.2) is 0 Å². The molecule has 6 heteroatoms. The number of anilines is 1. The summed E-state index contributed by atoms with van der Waals surface area (Å²) in [6.45, 7) is 2.42. The molecule has 0 atom stereocenters. The smallest absolute Gasteiger partial charge is 0.218 e. The predicted octanol–water partition coefficient (Wildman–Crippen LogP) is 2.35. The van der Waals surface area contributed by atoms with E-state index >= 15 is 0 Å². The van der Waals surface area contributed by atoms with E-state index in [1.165, 1.54) is 0 Å². The second-order valence-electron chi connectivity index (χ2n) is 5.83. The van der Waals surface area contributed by atoms with Crippen LogP contribution >= 0.6 is 0 Å². The van der Waals surface area contributed by atoms with E-state index < -0.39 is 10.0 Å². The topological polar surface area (TPSA) is 49.9 Å². The van der Waals surface area contributed by atoms with E-state index in [0.29, 0.717) is 26.2 Å². The average molecular weight is 346 g/mol. The van der Waals surface area contributed by atoms with Crippen LogP contribution in [0.2, 0.25) is 0 Å². The monoisotopic (exact) mass is 346 g/mol. The quantitative estimate of drug-likeness (QED) is 0.834. The van der Waals surface area contributed by atoms with E-state index in [1.807, 2.05) is 54.6 Å². The van der Waals surface area contributed by atoms with Crippen LogP contribution in [0.4, 0.5) is 5.69 Å². The average Bonchev–Trinajstić information content (AvgIpc) is 2.62. The van der Waals surface area contributed by atoms with Crippen LogP contribution in [0.15, 0.2) is 54.6 Å². The largest absolute Gasteiger partial charge is 0.497 e. The molecule has 0 aliphatic carbocycles. The maximum absolute atomic E-state index is 12.6. The lowest BCUT2D eigenvalue weighted by Gasteiger charge is -2.35. The predicted molar refractivity (Wildman–Crippen MR) is 95.8 cm³/mol. The first-order valence-corrected chi connectivity index (χ1v) is 9.60. The SMILES string of the molecule is COc1ccc(N2CCN(S(=O)(=O)Cc3ccccc3)CC2)cc1. The number of benzene rings is 2. The van der Waals surface area contributed by atoms with E-state index in [9.17, 15) is 8.42 Å². The molecule has 2 aromatic carbocycles. The Labute approximate surface area is 143 Å². The number of methoxy groups -OCH3 is 1. The summed E-state index contributed by atoms with van der Waals surface area (Å²) in [5, 5.41) is 0. The van der Waals surface area contributed by atoms with Gasteiger partial charge in [0.25, 0.3) is 0 Å². The number of rotatable bonds is 5. The summed E-state index contributed by atoms with van der Waals surface area (Å²) < 4.78 is 31.9. The Bertz CT molecular complexity index is 753. The third-order valence-electron chi connectivity index (χ3n) is 4.26. The van der Waals surface area contributed by atoms with Crippen molar-refractivity contribution in [2.45, 2.75) is 5.75 Å². The highest BCUT2D eigenvalue weighted by Crippen LogP contribution is 2.22. The Morgan fingerprint density at radius 2 is 1.54 bits per heavy atom. The number of ether oxygens (including phenoxy) is 1. The lowest BCUT2D eigenvalue weighted by Crippen LogP contribution is -2.49. The zero-order chi connectivity index (χ0) is 17.0. The number of nitrogens with zero attached hydrogens (tertiary/aromatic N) is 2. The number of hydrogen-bond acceptors (Lipinski definition) is 4. The number of sulfonamides is 1. The molecule has 2 aromatic rings. The Hall–Kier alpha value is -2.05. The van der Waals surface area contributed by atoms with Crippen molar-refractivity contribution in [1.82, 2.24) is 4.31 Å². The van der Waals surface area contributed by atoms with E-state index in [-0.39, 0.29) is 5.75 Å². The van der Waals surface area contributed by atoms with Gasteiger partial charge in [-0.15, -0.1) is 0 Å². The van der Waals surface area contributed by atoms with Gasteiger partial charge in [0, 0.05) is 31.9 Å². The Morgan fingerprint density at radius 1 is 0.917 bits per heavy atom. The highest BCUT2D eigenvalue weighted by molar-refractivity contribution is 7.88. The minimum absolute atomic E-state index is 0.0658. The molecule has 0 N–H and O–H groups in total. The van der Waals surface area contributed by atoms with Crippen LogP contribution in [0.5, 0.6) is 5.75 Å². The van der Waals surface area contributed by atoms with Crippen molar-refractivity contribution in [3.8, 4) is 5.75 Å². The fourth-order valence-electron chi connectivity index (χ4n) is 2.89. The first-order chi connectivity index (χ1) is 11.6. The van der Waals surface area contributed by atoms with Crippen LogP contribution in [0.3, 0.4) is 0 Å². The van der Waals surface area contributed by atoms with Gasteiger partial charge in [0.05, 0.1) is 12.9 Å². The van der Waals surface area contributed by atoms with Gasteiger partial charge >= 0.3 is 0 Å². The van der Waals surface area contributed by atoms with Crippen molar-refractivity contribution in [1.29, 1.82) is 0 Å². The molecule has 0 unspecified atom stereocenters. The third-order valence-corrected chi connectivity index (χ3v) is 6.11. The first kappa shape index (κ1) is 16.8. The molecule has 0 saturated carbocycles. The van der Waals surface area contributed by atoms with Crippen LogP contribution < -0.4 is 9.64 Å². The second-order valence-corrected chi connectivity index (χ2v) is 7.79. The fourth-order valence-corrected chi connectivity index (χ4v) is 4.41. The third kappa shape index (κ3) is 3.88. The van der Waals surface area contributed by atoms with Crippen LogP contribution in [0.25, 0.3) is 0 Å². The number of hydrogen-bond donors (Lipinski definition) is 0. The normalized spacial score (nSPS) is 16.1. The zero-order valence-corrected chi connectivity index (χ0v) is 14.6. The minimum Gasteiger partial charge on any atom is -0.497 e. The van der Waals surface area contributed by atoms with Crippen molar-refractivity contribution >= 4 is 15.7 Å². The Kier molecular flexibility index (Phi) is 5.06. The molecule has 1 fully saturated rings. The van der Waals surface area contributed by atoms with Crippen LogP contribution in [0, 0.1) is 0 Å². The fraction of sp³-hybridized carbons (Fsp3) is 0.333. The minimum atomic E-state index is -3.27. The van der Waals surface area contributed by atoms with Crippen molar-refractivity contribution in [2.75, 3.05) is 38.2 Å². The van der Waals surface area contributed by atoms with Crippen molar-refractivity contribution in [2.24, 2.45) is 0 Å². The molecule has 0 amide bonds. The molecule has 1 aliphatic heterocycles. The van der Waals surface area contributed by atoms with E-state index in [2.05, 4.69) is 4.90 Å². The lowest BCUT2D eigenvalue weighted by atomic mass is 10.2. The molecule has 0 spiro atoms. The number of piperazine rings is 1. The van der Waals surface area contributed by atoms with Gasteiger partial charge in [-0.1, -0.05) is 30.3 Å². The van der Waals surface area contributed by atoms with Crippen molar-refractivity contribution in [3.05, 3.63) is 60.2 Å². The van der Waals surface area contributed by atoms with Gasteiger partial charge in [0.1, 0.15) is 5.75 Å². The van der Waals surface area contributed by atoms with Gasteiger partial charge in [-0.05, 0) is 29.8 Å². The molecule has 5 nitrogen and oxygen atoms in total. The van der Waals surface area contributed by atoms with Gasteiger partial charge in [-0.3, -0.25) is 0 Å². The molecular weight excluding hydrogens is 324 g/mol. The van der Waals surface area contributed by atoms with Gasteiger partial charge in [-0.25, -0.2) is 8.42 Å². The lowest BCUT2D eigenvalue weighted by molar-refractivity contribution is 0.384. The summed E-state index contributed by atoms with van der Waals surface area (Å²) in [7, 11) is -1.62. The maximum Gasteiger partial charge on any atom is 0.218 e. The Balaban J connectivity index is 1.61. The summed E-state index contributed by atoms with van der Waals surface area (Å²) in [5.74, 6) is 0.888. The molecule has 1 heterocycles. The van der Waals surface area contributed by atoms with E-state index in [4.69, 9.17) is 4.74 Å². The van der Waals surface area contributed by atoms with Gasteiger partial charge in [0.2, 0.25) is 10.0 Å². The first-order valence-electron chi connectivity index (χ1n) is 7.99. The summed E-state index contributed by atoms with van der Waals surface area (Å²) in [6, 6.07) is 17.2. The molecule has 1 saturated heterocycles. The van der Waals surface area contributed by atoms with Crippen LogP contribution in [-0.4, -0.2) is 46.0 Å². The van der Waals surface area contributed by atoms with Crippen molar-refractivity contribution in [3.63, 3.8) is 0 Å². The summed E-state index contributed by atoms with van der Waals surface area (Å²) >= 11 is 0. The molecule has 0 bridgehead atoms. The molecule has 3 rings (SSSR count). The second kappa shape index (κ2) is 7.23. The van der Waals surface area contributed by atoms with Crippen LogP contribution in [-0.2, 0) is 15.8 Å². The summed E-state index contributed by atoms with van der Waals surface area (Å²) in [6.07, 6.45) is 0. The van der Waals surface area contributed by atoms with Gasteiger partial charge in [-0.2, -0.15) is 4.31 Å². The van der Waals surface area contributed by atoms with E-state index in [0.717, 1.165) is 17.0 Å². The standard InChI is InChI=1S/C18H22N2O3S/c1-23-18-9-7-17(8-10-18)19-11-13-20(14-12-19)24(21,22)15-16-5-3-2-4-6-16/h2-10H,11-15H2,1H3. The zero-order valence-electron chi connectivity index (χ0n) is 13.8. The molecule has 128 valence electrons.